The maximum absolute atomic E-state index is 5.29. The van der Waals surface area contributed by atoms with Gasteiger partial charge in [0, 0.05) is 32.9 Å². The summed E-state index contributed by atoms with van der Waals surface area (Å²) in [5.74, 6) is 0. The molecule has 1 fully saturated rings. The molecule has 4 heteroatoms. The lowest BCUT2D eigenvalue weighted by atomic mass is 10.3. The fourth-order valence-electron chi connectivity index (χ4n) is 2.56. The van der Waals surface area contributed by atoms with Gasteiger partial charge in [-0.15, -0.1) is 0 Å². The second-order valence-corrected chi connectivity index (χ2v) is 4.45. The Morgan fingerprint density at radius 3 is 2.76 bits per heavy atom. The molecule has 0 aliphatic carbocycles. The van der Waals surface area contributed by atoms with E-state index in [4.69, 9.17) is 4.74 Å². The molecule has 1 heterocycles. The van der Waals surface area contributed by atoms with Gasteiger partial charge in [0.25, 0.3) is 0 Å². The van der Waals surface area contributed by atoms with E-state index < -0.39 is 0 Å². The maximum atomic E-state index is 5.29. The van der Waals surface area contributed by atoms with Gasteiger partial charge in [0.2, 0.25) is 0 Å². The molecule has 0 N–H and O–H groups in total. The van der Waals surface area contributed by atoms with Gasteiger partial charge in [-0.3, -0.25) is 4.90 Å². The Bertz CT molecular complexity index is 223. The van der Waals surface area contributed by atoms with E-state index in [-0.39, 0.29) is 0 Å². The van der Waals surface area contributed by atoms with Crippen molar-refractivity contribution in [1.82, 2.24) is 14.9 Å². The third kappa shape index (κ3) is 3.69. The molecule has 0 aromatic rings. The second-order valence-electron chi connectivity index (χ2n) is 4.45. The van der Waals surface area contributed by atoms with E-state index in [1.807, 2.05) is 6.20 Å². The van der Waals surface area contributed by atoms with Crippen LogP contribution >= 0.6 is 0 Å². The number of hydrogen-bond donors (Lipinski definition) is 0. The van der Waals surface area contributed by atoms with Crippen LogP contribution in [0, 0.1) is 0 Å². The highest BCUT2D eigenvalue weighted by Gasteiger charge is 2.31. The van der Waals surface area contributed by atoms with E-state index in [2.05, 4.69) is 35.3 Å². The summed E-state index contributed by atoms with van der Waals surface area (Å²) in [6.45, 7) is 12.2. The number of hydrogen-bond acceptors (Lipinski definition) is 4. The van der Waals surface area contributed by atoms with Gasteiger partial charge >= 0.3 is 0 Å². The summed E-state index contributed by atoms with van der Waals surface area (Å²) in [5, 5.41) is 4.65. The second kappa shape index (κ2) is 7.69. The zero-order valence-electron chi connectivity index (χ0n) is 11.6. The zero-order chi connectivity index (χ0) is 12.7. The van der Waals surface area contributed by atoms with Crippen LogP contribution < -0.4 is 0 Å². The predicted molar refractivity (Wildman–Crippen MR) is 71.2 cm³/mol. The number of methoxy groups -OCH3 is 1. The van der Waals surface area contributed by atoms with E-state index in [1.54, 1.807) is 7.11 Å². The minimum atomic E-state index is 0.466. The van der Waals surface area contributed by atoms with Gasteiger partial charge in [0.05, 0.1) is 12.9 Å². The van der Waals surface area contributed by atoms with Crippen molar-refractivity contribution in [1.29, 1.82) is 0 Å². The fourth-order valence-corrected chi connectivity index (χ4v) is 2.56. The predicted octanol–water partition coefficient (Wildman–Crippen LogP) is 2.10. The van der Waals surface area contributed by atoms with Crippen molar-refractivity contribution in [3.63, 3.8) is 0 Å². The Morgan fingerprint density at radius 2 is 2.24 bits per heavy atom. The molecule has 0 amide bonds. The Kier molecular flexibility index (Phi) is 6.55. The topological polar surface area (TPSA) is 19.0 Å². The first kappa shape index (κ1) is 14.5. The minimum absolute atomic E-state index is 0.466. The van der Waals surface area contributed by atoms with Crippen molar-refractivity contribution in [3.05, 3.63) is 12.8 Å². The maximum Gasteiger partial charge on any atom is 0.0999 e. The molecule has 4 nitrogen and oxygen atoms in total. The monoisotopic (exact) mass is 241 g/mol. The first-order valence-electron chi connectivity index (χ1n) is 6.67. The normalized spacial score (nSPS) is 21.1. The van der Waals surface area contributed by atoms with Crippen LogP contribution in [0.4, 0.5) is 0 Å². The van der Waals surface area contributed by atoms with Crippen LogP contribution in [-0.2, 0) is 4.74 Å². The number of rotatable bonds is 8. The SMILES string of the molecule is C=CN(CC)N(CCC)[C@@H]1CCCN1COC. The van der Waals surface area contributed by atoms with Gasteiger partial charge in [-0.2, -0.15) is 0 Å². The molecule has 0 unspecified atom stereocenters. The third-order valence-electron chi connectivity index (χ3n) is 3.29. The number of ether oxygens (including phenoxy) is 1. The van der Waals surface area contributed by atoms with Crippen molar-refractivity contribution < 1.29 is 4.74 Å². The molecule has 0 saturated carbocycles. The molecule has 1 rings (SSSR count). The zero-order valence-corrected chi connectivity index (χ0v) is 11.6. The standard InChI is InChI=1S/C13H27N3O/c1-5-10-16(15(6-2)7-3)13-9-8-11-14(13)12-17-4/h6,13H,2,5,7-12H2,1,3-4H3/t13-/m1/s1. The molecular formula is C13H27N3O. The van der Waals surface area contributed by atoms with Crippen LogP contribution in [0.3, 0.4) is 0 Å². The summed E-state index contributed by atoms with van der Waals surface area (Å²) in [6, 6.07) is 0. The summed E-state index contributed by atoms with van der Waals surface area (Å²) in [5.41, 5.74) is 0. The highest BCUT2D eigenvalue weighted by molar-refractivity contribution is 4.80. The molecule has 0 aromatic heterocycles. The van der Waals surface area contributed by atoms with E-state index >= 15 is 0 Å². The van der Waals surface area contributed by atoms with Crippen molar-refractivity contribution in [3.8, 4) is 0 Å². The summed E-state index contributed by atoms with van der Waals surface area (Å²) >= 11 is 0. The molecule has 0 aromatic carbocycles. The molecule has 100 valence electrons. The van der Waals surface area contributed by atoms with Gasteiger partial charge in [0.1, 0.15) is 0 Å². The van der Waals surface area contributed by atoms with Crippen LogP contribution in [0.15, 0.2) is 12.8 Å². The van der Waals surface area contributed by atoms with Gasteiger partial charge in [-0.25, -0.2) is 5.01 Å². The number of likely N-dealkylation sites (tertiary alicyclic amines) is 1. The number of hydrazine groups is 1. The van der Waals surface area contributed by atoms with Gasteiger partial charge in [-0.1, -0.05) is 13.5 Å². The van der Waals surface area contributed by atoms with Crippen molar-refractivity contribution in [2.45, 2.75) is 39.3 Å². The molecule has 17 heavy (non-hydrogen) atoms. The smallest absolute Gasteiger partial charge is 0.0999 e. The van der Waals surface area contributed by atoms with Crippen LogP contribution in [0.5, 0.6) is 0 Å². The van der Waals surface area contributed by atoms with E-state index in [1.165, 1.54) is 12.8 Å². The van der Waals surface area contributed by atoms with Gasteiger partial charge in [-0.05, 0) is 26.2 Å². The van der Waals surface area contributed by atoms with Crippen LogP contribution in [-0.4, -0.2) is 54.6 Å². The Labute approximate surface area is 106 Å². The lowest BCUT2D eigenvalue weighted by Crippen LogP contribution is -2.52. The van der Waals surface area contributed by atoms with Gasteiger partial charge < -0.3 is 9.75 Å². The largest absolute Gasteiger partial charge is 0.369 e. The Hall–Kier alpha value is -0.580. The highest BCUT2D eigenvalue weighted by atomic mass is 16.5. The van der Waals surface area contributed by atoms with Crippen LogP contribution in [0.25, 0.3) is 0 Å². The van der Waals surface area contributed by atoms with Crippen molar-refractivity contribution in [2.24, 2.45) is 0 Å². The average Bonchev–Trinajstić information content (AvgIpc) is 2.78. The summed E-state index contributed by atoms with van der Waals surface area (Å²) in [6.07, 6.45) is 6.02. The van der Waals surface area contributed by atoms with Gasteiger partial charge in [0.15, 0.2) is 0 Å². The molecule has 1 atom stereocenters. The highest BCUT2D eigenvalue weighted by Crippen LogP contribution is 2.22. The van der Waals surface area contributed by atoms with Crippen LogP contribution in [0.2, 0.25) is 0 Å². The minimum Gasteiger partial charge on any atom is -0.369 e. The Balaban J connectivity index is 2.70. The molecule has 1 aliphatic rings. The molecule has 0 bridgehead atoms. The van der Waals surface area contributed by atoms with E-state index in [0.717, 1.165) is 32.8 Å². The van der Waals surface area contributed by atoms with Crippen molar-refractivity contribution in [2.75, 3.05) is 33.5 Å². The van der Waals surface area contributed by atoms with E-state index in [9.17, 15) is 0 Å². The molecule has 0 spiro atoms. The molecule has 0 radical (unpaired) electrons. The lowest BCUT2D eigenvalue weighted by Gasteiger charge is -2.41. The molecular weight excluding hydrogens is 214 g/mol. The molecule has 1 aliphatic heterocycles. The summed E-state index contributed by atoms with van der Waals surface area (Å²) in [7, 11) is 1.77. The summed E-state index contributed by atoms with van der Waals surface area (Å²) in [4.78, 5) is 2.40. The average molecular weight is 241 g/mol. The fraction of sp³-hybridized carbons (Fsp3) is 0.846. The van der Waals surface area contributed by atoms with E-state index in [0.29, 0.717) is 6.17 Å². The first-order chi connectivity index (χ1) is 8.28. The quantitative estimate of drug-likeness (QED) is 0.606. The Morgan fingerprint density at radius 1 is 1.47 bits per heavy atom. The van der Waals surface area contributed by atoms with Crippen molar-refractivity contribution >= 4 is 0 Å². The van der Waals surface area contributed by atoms with Crippen LogP contribution in [0.1, 0.15) is 33.1 Å². The first-order valence-corrected chi connectivity index (χ1v) is 6.67. The number of nitrogens with zero attached hydrogens (tertiary/aromatic N) is 3. The molecule has 1 saturated heterocycles. The third-order valence-corrected chi connectivity index (χ3v) is 3.29. The lowest BCUT2D eigenvalue weighted by molar-refractivity contribution is -0.0931. The summed E-state index contributed by atoms with van der Waals surface area (Å²) < 4.78 is 5.29.